The summed E-state index contributed by atoms with van der Waals surface area (Å²) in [6.45, 7) is 1.97. The fourth-order valence-corrected chi connectivity index (χ4v) is 4.39. The number of amides is 1. The monoisotopic (exact) mass is 565 g/mol. The topological polar surface area (TPSA) is 130 Å². The van der Waals surface area contributed by atoms with Crippen molar-refractivity contribution in [3.63, 3.8) is 0 Å². The first-order valence-corrected chi connectivity index (χ1v) is 13.3. The molecule has 0 bridgehead atoms. The number of methoxy groups -OCH3 is 1. The molecule has 3 N–H and O–H groups in total. The van der Waals surface area contributed by atoms with Gasteiger partial charge < -0.3 is 25.4 Å². The number of likely N-dealkylation sites (N-methyl/N-ethyl adjacent to an activating group) is 1. The molecule has 0 aliphatic rings. The van der Waals surface area contributed by atoms with Gasteiger partial charge in [0.1, 0.15) is 23.3 Å². The minimum Gasteiger partial charge on any atom is -0.457 e. The van der Waals surface area contributed by atoms with Gasteiger partial charge >= 0.3 is 5.69 Å². The van der Waals surface area contributed by atoms with E-state index in [4.69, 9.17) is 15.2 Å². The van der Waals surface area contributed by atoms with Gasteiger partial charge in [-0.3, -0.25) is 9.36 Å². The SMILES string of the molecule is COCCN(C)CC=CC(=O)Nc1cccc(-n2c(=O)n(-c3ccc(Oc4ccccc4)cc3)c3c(N)ncnc32)c1. The molecule has 5 aromatic rings. The van der Waals surface area contributed by atoms with Crippen LogP contribution in [0.3, 0.4) is 0 Å². The Bertz CT molecular complexity index is 1760. The zero-order valence-corrected chi connectivity index (χ0v) is 23.3. The Kier molecular flexibility index (Phi) is 8.71. The molecule has 2 aromatic heterocycles. The van der Waals surface area contributed by atoms with E-state index in [2.05, 4.69) is 15.3 Å². The van der Waals surface area contributed by atoms with Crippen LogP contribution in [0.1, 0.15) is 0 Å². The second-order valence-electron chi connectivity index (χ2n) is 9.49. The number of anilines is 2. The molecular formula is C31H31N7O4. The van der Waals surface area contributed by atoms with Crippen molar-refractivity contribution in [3.8, 4) is 22.9 Å². The number of nitrogen functional groups attached to an aromatic ring is 1. The average Bonchev–Trinajstić information content (AvgIpc) is 3.30. The van der Waals surface area contributed by atoms with Crippen LogP contribution in [-0.2, 0) is 9.53 Å². The van der Waals surface area contributed by atoms with E-state index in [-0.39, 0.29) is 11.7 Å². The van der Waals surface area contributed by atoms with Crippen molar-refractivity contribution < 1.29 is 14.3 Å². The molecule has 0 unspecified atom stereocenters. The first-order chi connectivity index (χ1) is 20.4. The summed E-state index contributed by atoms with van der Waals surface area (Å²) >= 11 is 0. The second-order valence-corrected chi connectivity index (χ2v) is 9.49. The third-order valence-corrected chi connectivity index (χ3v) is 6.46. The van der Waals surface area contributed by atoms with Crippen LogP contribution < -0.4 is 21.5 Å². The Hall–Kier alpha value is -5.26. The van der Waals surface area contributed by atoms with Crippen molar-refractivity contribution >= 4 is 28.6 Å². The van der Waals surface area contributed by atoms with Crippen LogP contribution >= 0.6 is 0 Å². The van der Waals surface area contributed by atoms with Gasteiger partial charge in [-0.05, 0) is 61.6 Å². The van der Waals surface area contributed by atoms with E-state index < -0.39 is 5.69 Å². The number of hydrogen-bond donors (Lipinski definition) is 2. The van der Waals surface area contributed by atoms with Gasteiger partial charge in [-0.25, -0.2) is 19.3 Å². The number of ether oxygens (including phenoxy) is 2. The molecule has 214 valence electrons. The van der Waals surface area contributed by atoms with Crippen molar-refractivity contribution in [3.05, 3.63) is 108 Å². The van der Waals surface area contributed by atoms with Crippen molar-refractivity contribution in [1.82, 2.24) is 24.0 Å². The summed E-state index contributed by atoms with van der Waals surface area (Å²) < 4.78 is 13.9. The van der Waals surface area contributed by atoms with E-state index in [0.717, 1.165) is 6.54 Å². The zero-order chi connectivity index (χ0) is 29.5. The lowest BCUT2D eigenvalue weighted by molar-refractivity contribution is -0.111. The Balaban J connectivity index is 1.43. The number of nitrogens with zero attached hydrogens (tertiary/aromatic N) is 5. The number of nitrogens with one attached hydrogen (secondary N) is 1. The van der Waals surface area contributed by atoms with E-state index in [1.165, 1.54) is 21.5 Å². The van der Waals surface area contributed by atoms with Gasteiger partial charge in [-0.2, -0.15) is 0 Å². The lowest BCUT2D eigenvalue weighted by atomic mass is 10.2. The minimum atomic E-state index is -0.392. The number of nitrogens with two attached hydrogens (primary N) is 1. The van der Waals surface area contributed by atoms with E-state index >= 15 is 0 Å². The van der Waals surface area contributed by atoms with Gasteiger partial charge in [0.2, 0.25) is 5.91 Å². The van der Waals surface area contributed by atoms with Crippen LogP contribution in [0, 0.1) is 0 Å². The third kappa shape index (κ3) is 6.38. The first-order valence-electron chi connectivity index (χ1n) is 13.3. The van der Waals surface area contributed by atoms with Gasteiger partial charge in [0, 0.05) is 32.0 Å². The normalized spacial score (nSPS) is 11.4. The second kappa shape index (κ2) is 12.9. The Morgan fingerprint density at radius 3 is 2.50 bits per heavy atom. The summed E-state index contributed by atoms with van der Waals surface area (Å²) in [7, 11) is 3.60. The molecule has 3 aromatic carbocycles. The number of hydrogen-bond acceptors (Lipinski definition) is 8. The molecule has 0 saturated carbocycles. The maximum atomic E-state index is 13.9. The molecule has 5 rings (SSSR count). The zero-order valence-electron chi connectivity index (χ0n) is 23.3. The fourth-order valence-electron chi connectivity index (χ4n) is 4.39. The summed E-state index contributed by atoms with van der Waals surface area (Å²) in [5.74, 6) is 1.19. The minimum absolute atomic E-state index is 0.158. The van der Waals surface area contributed by atoms with Crippen molar-refractivity contribution in [2.45, 2.75) is 0 Å². The molecule has 0 radical (unpaired) electrons. The number of imidazole rings is 1. The molecule has 0 aliphatic carbocycles. The first kappa shape index (κ1) is 28.3. The van der Waals surface area contributed by atoms with Crippen LogP contribution in [0.2, 0.25) is 0 Å². The highest BCUT2D eigenvalue weighted by atomic mass is 16.5. The van der Waals surface area contributed by atoms with Gasteiger partial charge in [0.25, 0.3) is 0 Å². The smallest absolute Gasteiger partial charge is 0.339 e. The average molecular weight is 566 g/mol. The third-order valence-electron chi connectivity index (χ3n) is 6.46. The summed E-state index contributed by atoms with van der Waals surface area (Å²) in [5, 5.41) is 2.85. The van der Waals surface area contributed by atoms with Crippen molar-refractivity contribution in [2.24, 2.45) is 0 Å². The molecule has 1 amide bonds. The van der Waals surface area contributed by atoms with Gasteiger partial charge in [-0.1, -0.05) is 30.3 Å². The molecule has 11 nitrogen and oxygen atoms in total. The van der Waals surface area contributed by atoms with Gasteiger partial charge in [0.15, 0.2) is 11.5 Å². The predicted molar refractivity (Wildman–Crippen MR) is 163 cm³/mol. The highest BCUT2D eigenvalue weighted by Crippen LogP contribution is 2.26. The highest BCUT2D eigenvalue weighted by molar-refractivity contribution is 5.99. The quantitative estimate of drug-likeness (QED) is 0.230. The lowest BCUT2D eigenvalue weighted by Gasteiger charge is -2.12. The Labute approximate surface area is 242 Å². The van der Waals surface area contributed by atoms with Gasteiger partial charge in [-0.15, -0.1) is 0 Å². The van der Waals surface area contributed by atoms with E-state index in [1.54, 1.807) is 61.7 Å². The number of fused-ring (bicyclic) bond motifs is 1. The molecule has 0 spiro atoms. The molecule has 0 fully saturated rings. The molecular weight excluding hydrogens is 534 g/mol. The number of carbonyl (C=O) groups excluding carboxylic acids is 1. The Morgan fingerprint density at radius 1 is 0.976 bits per heavy atom. The summed E-state index contributed by atoms with van der Waals surface area (Å²) in [6.07, 6.45) is 4.57. The lowest BCUT2D eigenvalue weighted by Crippen LogP contribution is -2.23. The molecule has 2 heterocycles. The number of benzene rings is 3. The Morgan fingerprint density at radius 2 is 1.74 bits per heavy atom. The predicted octanol–water partition coefficient (Wildman–Crippen LogP) is 4.02. The van der Waals surface area contributed by atoms with Crippen LogP contribution in [0.4, 0.5) is 11.5 Å². The number of rotatable bonds is 11. The fraction of sp³-hybridized carbons (Fsp3) is 0.161. The molecule has 0 atom stereocenters. The van der Waals surface area contributed by atoms with Crippen LogP contribution in [0.15, 0.2) is 102 Å². The van der Waals surface area contributed by atoms with Crippen LogP contribution in [0.5, 0.6) is 11.5 Å². The summed E-state index contributed by atoms with van der Waals surface area (Å²) in [4.78, 5) is 37.0. The van der Waals surface area contributed by atoms with E-state index in [9.17, 15) is 9.59 Å². The maximum absolute atomic E-state index is 13.9. The van der Waals surface area contributed by atoms with Crippen LogP contribution in [0.25, 0.3) is 22.5 Å². The maximum Gasteiger partial charge on any atom is 0.339 e. The van der Waals surface area contributed by atoms with Crippen molar-refractivity contribution in [1.29, 1.82) is 0 Å². The molecule has 42 heavy (non-hydrogen) atoms. The van der Waals surface area contributed by atoms with E-state index in [0.29, 0.717) is 52.9 Å². The highest BCUT2D eigenvalue weighted by Gasteiger charge is 2.20. The number of aromatic nitrogens is 4. The molecule has 11 heteroatoms. The summed E-state index contributed by atoms with van der Waals surface area (Å²) in [6, 6.07) is 23.5. The van der Waals surface area contributed by atoms with Crippen molar-refractivity contribution in [2.75, 3.05) is 44.9 Å². The standard InChI is InChI=1S/C31H31N7O4/c1-36(18-19-41-2)17-7-12-27(39)35-22-8-6-9-24(20-22)38-30-28(29(32)33-21-34-30)37(31(38)40)23-13-15-26(16-14-23)42-25-10-4-3-5-11-25/h3-16,20-21H,17-19H2,1-2H3,(H,35,39)(H2,32,33,34). The molecule has 0 aliphatic heterocycles. The molecule has 0 saturated heterocycles. The van der Waals surface area contributed by atoms with E-state index in [1.807, 2.05) is 42.3 Å². The number of carbonyl (C=O) groups is 1. The van der Waals surface area contributed by atoms with Gasteiger partial charge in [0.05, 0.1) is 18.0 Å². The summed E-state index contributed by atoms with van der Waals surface area (Å²) in [5.41, 5.74) is 8.16. The van der Waals surface area contributed by atoms with Crippen LogP contribution in [-0.4, -0.2) is 63.8 Å². The number of para-hydroxylation sites is 1. The largest absolute Gasteiger partial charge is 0.457 e.